The third kappa shape index (κ3) is 2.47. The van der Waals surface area contributed by atoms with Crippen LogP contribution >= 0.6 is 0 Å². The first-order valence-corrected chi connectivity index (χ1v) is 10.5. The first kappa shape index (κ1) is 17.5. The van der Waals surface area contributed by atoms with Crippen LogP contribution in [-0.4, -0.2) is 31.3 Å². The number of methoxy groups -OCH3 is 1. The van der Waals surface area contributed by atoms with Gasteiger partial charge in [0, 0.05) is 25.1 Å². The highest BCUT2D eigenvalue weighted by atomic mass is 16.7. The van der Waals surface area contributed by atoms with Crippen LogP contribution in [0.2, 0.25) is 0 Å². The summed E-state index contributed by atoms with van der Waals surface area (Å²) in [6, 6.07) is 7.10. The van der Waals surface area contributed by atoms with E-state index in [1.54, 1.807) is 5.06 Å². The molecule has 146 valence electrons. The largest absolute Gasteiger partial charge is 0.381 e. The van der Waals surface area contributed by atoms with Gasteiger partial charge >= 0.3 is 0 Å². The van der Waals surface area contributed by atoms with Gasteiger partial charge in [-0.05, 0) is 62.0 Å². The zero-order valence-electron chi connectivity index (χ0n) is 16.5. The van der Waals surface area contributed by atoms with Gasteiger partial charge in [0.05, 0.1) is 6.10 Å². The minimum Gasteiger partial charge on any atom is -0.381 e. The van der Waals surface area contributed by atoms with Crippen LogP contribution in [0.5, 0.6) is 0 Å². The first-order chi connectivity index (χ1) is 13.1. The van der Waals surface area contributed by atoms with E-state index in [-0.39, 0.29) is 5.41 Å². The molecule has 1 atom stereocenters. The molecule has 0 bridgehead atoms. The van der Waals surface area contributed by atoms with Crippen LogP contribution in [-0.2, 0) is 21.7 Å². The Bertz CT molecular complexity index is 763. The number of nitrogens with two attached hydrogens (primary N) is 1. The minimum atomic E-state index is -0.658. The van der Waals surface area contributed by atoms with Crippen molar-refractivity contribution in [2.45, 2.75) is 75.5 Å². The van der Waals surface area contributed by atoms with Crippen molar-refractivity contribution in [2.75, 3.05) is 14.2 Å². The van der Waals surface area contributed by atoms with Crippen molar-refractivity contribution in [1.82, 2.24) is 5.06 Å². The Balaban J connectivity index is 1.59. The molecule has 2 N–H and O–H groups in total. The molecule has 1 aliphatic heterocycles. The normalized spacial score (nSPS) is 36.0. The SMILES string of the molecule is COC1CCC2(CC1)Cc1ccc(C3CCCC3)cc1C21N=C(N)N(C)O1. The van der Waals surface area contributed by atoms with Gasteiger partial charge in [-0.15, -0.1) is 0 Å². The molecule has 4 aliphatic rings. The number of rotatable bonds is 2. The average molecular weight is 370 g/mol. The second-order valence-electron chi connectivity index (χ2n) is 8.99. The maximum Gasteiger partial charge on any atom is 0.220 e. The highest BCUT2D eigenvalue weighted by Gasteiger charge is 2.63. The Morgan fingerprint density at radius 2 is 1.93 bits per heavy atom. The van der Waals surface area contributed by atoms with Crippen molar-refractivity contribution in [3.63, 3.8) is 0 Å². The second kappa shape index (κ2) is 6.21. The fraction of sp³-hybridized carbons (Fsp3) is 0.682. The van der Waals surface area contributed by atoms with Crippen LogP contribution in [0.1, 0.15) is 74.0 Å². The van der Waals surface area contributed by atoms with Gasteiger partial charge in [-0.2, -0.15) is 0 Å². The van der Waals surface area contributed by atoms with E-state index >= 15 is 0 Å². The van der Waals surface area contributed by atoms with Crippen LogP contribution in [0.3, 0.4) is 0 Å². The van der Waals surface area contributed by atoms with E-state index in [2.05, 4.69) is 18.2 Å². The molecule has 1 heterocycles. The Hall–Kier alpha value is -1.59. The lowest BCUT2D eigenvalue weighted by Gasteiger charge is -2.45. The first-order valence-electron chi connectivity index (χ1n) is 10.5. The molecule has 2 spiro atoms. The number of ether oxygens (including phenoxy) is 1. The van der Waals surface area contributed by atoms with Crippen molar-refractivity contribution >= 4 is 5.96 Å². The third-order valence-corrected chi connectivity index (χ3v) is 7.66. The van der Waals surface area contributed by atoms with Gasteiger partial charge in [-0.1, -0.05) is 31.0 Å². The lowest BCUT2D eigenvalue weighted by atomic mass is 9.66. The number of guanidine groups is 1. The molecule has 1 aromatic rings. The summed E-state index contributed by atoms with van der Waals surface area (Å²) in [5, 5.41) is 1.67. The Labute approximate surface area is 161 Å². The van der Waals surface area contributed by atoms with Gasteiger partial charge in [-0.25, -0.2) is 14.9 Å². The summed E-state index contributed by atoms with van der Waals surface area (Å²) >= 11 is 0. The zero-order valence-corrected chi connectivity index (χ0v) is 16.5. The lowest BCUT2D eigenvalue weighted by Crippen LogP contribution is -2.46. The summed E-state index contributed by atoms with van der Waals surface area (Å²) in [5.41, 5.74) is 9.65. The maximum absolute atomic E-state index is 6.49. The average Bonchev–Trinajstić information content (AvgIpc) is 3.37. The predicted molar refractivity (Wildman–Crippen MR) is 105 cm³/mol. The third-order valence-electron chi connectivity index (χ3n) is 7.66. The summed E-state index contributed by atoms with van der Waals surface area (Å²) in [6.07, 6.45) is 10.9. The number of benzene rings is 1. The molecule has 5 rings (SSSR count). The van der Waals surface area contributed by atoms with Crippen LogP contribution in [0, 0.1) is 5.41 Å². The topological polar surface area (TPSA) is 60.1 Å². The molecule has 3 aliphatic carbocycles. The highest BCUT2D eigenvalue weighted by molar-refractivity contribution is 5.79. The maximum atomic E-state index is 6.49. The van der Waals surface area contributed by atoms with E-state index in [4.69, 9.17) is 20.3 Å². The molecule has 1 aromatic carbocycles. The molecule has 0 radical (unpaired) electrons. The van der Waals surface area contributed by atoms with E-state index < -0.39 is 5.72 Å². The highest BCUT2D eigenvalue weighted by Crippen LogP contribution is 2.62. The van der Waals surface area contributed by atoms with Crippen LogP contribution in [0.4, 0.5) is 0 Å². The van der Waals surface area contributed by atoms with Crippen molar-refractivity contribution in [3.8, 4) is 0 Å². The molecular formula is C22H31N3O2. The molecule has 5 heteroatoms. The monoisotopic (exact) mass is 369 g/mol. The number of hydrogen-bond acceptors (Lipinski definition) is 5. The molecule has 2 saturated carbocycles. The van der Waals surface area contributed by atoms with Gasteiger partial charge in [0.2, 0.25) is 11.7 Å². The van der Waals surface area contributed by atoms with Gasteiger partial charge < -0.3 is 10.5 Å². The van der Waals surface area contributed by atoms with E-state index in [0.29, 0.717) is 18.0 Å². The van der Waals surface area contributed by atoms with E-state index in [0.717, 1.165) is 32.1 Å². The number of nitrogens with zero attached hydrogens (tertiary/aromatic N) is 2. The number of hydroxylamine groups is 2. The molecule has 2 fully saturated rings. The lowest BCUT2D eigenvalue weighted by molar-refractivity contribution is -0.232. The van der Waals surface area contributed by atoms with E-state index in [1.807, 2.05) is 14.2 Å². The summed E-state index contributed by atoms with van der Waals surface area (Å²) in [7, 11) is 3.70. The van der Waals surface area contributed by atoms with Crippen LogP contribution in [0.15, 0.2) is 23.2 Å². The van der Waals surface area contributed by atoms with Crippen molar-refractivity contribution in [3.05, 3.63) is 34.9 Å². The molecule has 0 aromatic heterocycles. The van der Waals surface area contributed by atoms with Crippen molar-refractivity contribution in [2.24, 2.45) is 16.1 Å². The summed E-state index contributed by atoms with van der Waals surface area (Å²) < 4.78 is 5.64. The van der Waals surface area contributed by atoms with Crippen molar-refractivity contribution in [1.29, 1.82) is 0 Å². The number of aliphatic imine (C=N–C) groups is 1. The Kier molecular flexibility index (Phi) is 4.03. The summed E-state index contributed by atoms with van der Waals surface area (Å²) in [5.74, 6) is 1.18. The van der Waals surface area contributed by atoms with E-state index in [1.165, 1.54) is 42.4 Å². The van der Waals surface area contributed by atoms with Crippen LogP contribution in [0.25, 0.3) is 0 Å². The Morgan fingerprint density at radius 1 is 1.19 bits per heavy atom. The molecule has 27 heavy (non-hydrogen) atoms. The molecular weight excluding hydrogens is 338 g/mol. The second-order valence-corrected chi connectivity index (χ2v) is 8.99. The van der Waals surface area contributed by atoms with Gasteiger partial charge in [-0.3, -0.25) is 0 Å². The van der Waals surface area contributed by atoms with Gasteiger partial charge in [0.15, 0.2) is 0 Å². The fourth-order valence-corrected chi connectivity index (χ4v) is 6.06. The fourth-order valence-electron chi connectivity index (χ4n) is 6.06. The van der Waals surface area contributed by atoms with Gasteiger partial charge in [0.25, 0.3) is 0 Å². The quantitative estimate of drug-likeness (QED) is 0.861. The molecule has 0 saturated heterocycles. The standard InChI is InChI=1S/C22H31N3O2/c1-25-20(23)24-22(27-25)19-13-16(15-5-3-4-6-15)7-8-17(19)14-21(22)11-9-18(26-2)10-12-21/h7-8,13,15,18H,3-6,9-12,14H2,1-2H3,(H2,23,24). The molecule has 0 amide bonds. The summed E-state index contributed by atoms with van der Waals surface area (Å²) in [4.78, 5) is 11.5. The Morgan fingerprint density at radius 3 is 2.56 bits per heavy atom. The summed E-state index contributed by atoms with van der Waals surface area (Å²) in [6.45, 7) is 0. The predicted octanol–water partition coefficient (Wildman–Crippen LogP) is 3.82. The molecule has 1 unspecified atom stereocenters. The van der Waals surface area contributed by atoms with E-state index in [9.17, 15) is 0 Å². The number of fused-ring (bicyclic) bond motifs is 3. The zero-order chi connectivity index (χ0) is 18.6. The molecule has 5 nitrogen and oxygen atoms in total. The van der Waals surface area contributed by atoms with Crippen LogP contribution < -0.4 is 5.73 Å². The van der Waals surface area contributed by atoms with Gasteiger partial charge in [0.1, 0.15) is 0 Å². The van der Waals surface area contributed by atoms with Crippen molar-refractivity contribution < 1.29 is 9.57 Å². The number of hydrogen-bond donors (Lipinski definition) is 1. The smallest absolute Gasteiger partial charge is 0.220 e. The minimum absolute atomic E-state index is 0.0198.